The summed E-state index contributed by atoms with van der Waals surface area (Å²) < 4.78 is 0. The largest absolute Gasteiger partial charge is 0.349 e. The summed E-state index contributed by atoms with van der Waals surface area (Å²) >= 11 is 0. The van der Waals surface area contributed by atoms with E-state index in [0.29, 0.717) is 0 Å². The van der Waals surface area contributed by atoms with E-state index < -0.39 is 0 Å². The molecule has 4 aromatic carbocycles. The SMILES string of the molecule is c1ccc2[nH]c(-c3ccc4c(c3)CN3CN4Cc4cc(-c5nc6ccccc6[nH]5)ccc43)nc2c1. The molecule has 6 nitrogen and oxygen atoms in total. The van der Waals surface area contributed by atoms with E-state index in [-0.39, 0.29) is 0 Å². The third-order valence-electron chi connectivity index (χ3n) is 7.23. The van der Waals surface area contributed by atoms with Gasteiger partial charge in [-0.3, -0.25) is 0 Å². The second kappa shape index (κ2) is 6.96. The van der Waals surface area contributed by atoms with Crippen LogP contribution in [0.15, 0.2) is 84.9 Å². The maximum absolute atomic E-state index is 4.80. The molecule has 8 rings (SSSR count). The second-order valence-electron chi connectivity index (χ2n) is 9.43. The van der Waals surface area contributed by atoms with Gasteiger partial charge in [-0.1, -0.05) is 24.3 Å². The number of nitrogens with one attached hydrogen (secondary N) is 2. The molecule has 2 aromatic heterocycles. The molecule has 0 atom stereocenters. The van der Waals surface area contributed by atoms with Gasteiger partial charge in [-0.25, -0.2) is 9.97 Å². The van der Waals surface area contributed by atoms with Crippen LogP contribution in [0.25, 0.3) is 44.8 Å². The van der Waals surface area contributed by atoms with E-state index >= 15 is 0 Å². The van der Waals surface area contributed by atoms with E-state index in [4.69, 9.17) is 9.97 Å². The standard InChI is InChI=1S/C29H22N6/c1-2-6-23-22(5-1)30-28(31-23)18-9-11-26-20(13-18)15-34-17-35(26)16-21-14-19(10-12-27(21)34)29-32-24-7-3-4-8-25(24)33-29/h1-14H,15-17H2,(H,30,31)(H,32,33). The molecule has 0 radical (unpaired) electrons. The van der Waals surface area contributed by atoms with Crippen molar-refractivity contribution >= 4 is 33.4 Å². The Morgan fingerprint density at radius 1 is 0.571 bits per heavy atom. The zero-order valence-electron chi connectivity index (χ0n) is 19.0. The van der Waals surface area contributed by atoms with Crippen molar-refractivity contribution in [3.05, 3.63) is 96.1 Å². The molecule has 2 aliphatic heterocycles. The lowest BCUT2D eigenvalue weighted by Crippen LogP contribution is -2.46. The number of aromatic nitrogens is 4. The minimum Gasteiger partial charge on any atom is -0.349 e. The highest BCUT2D eigenvalue weighted by molar-refractivity contribution is 5.82. The van der Waals surface area contributed by atoms with Gasteiger partial charge in [0, 0.05) is 35.6 Å². The summed E-state index contributed by atoms with van der Waals surface area (Å²) in [4.78, 5) is 21.5. The molecule has 6 heteroatoms. The molecule has 2 aliphatic rings. The summed E-state index contributed by atoms with van der Waals surface area (Å²) in [5, 5.41) is 0. The van der Waals surface area contributed by atoms with Crippen LogP contribution in [0.5, 0.6) is 0 Å². The highest BCUT2D eigenvalue weighted by atomic mass is 15.4. The maximum Gasteiger partial charge on any atom is 0.138 e. The van der Waals surface area contributed by atoms with Gasteiger partial charge in [0.25, 0.3) is 0 Å². The molecule has 2 N–H and O–H groups in total. The Bertz CT molecular complexity index is 1560. The third-order valence-corrected chi connectivity index (χ3v) is 7.23. The van der Waals surface area contributed by atoms with E-state index in [1.165, 1.54) is 22.5 Å². The zero-order chi connectivity index (χ0) is 22.9. The predicted molar refractivity (Wildman–Crippen MR) is 140 cm³/mol. The van der Waals surface area contributed by atoms with Crippen LogP contribution < -0.4 is 9.80 Å². The lowest BCUT2D eigenvalue weighted by Gasteiger charge is -2.45. The van der Waals surface area contributed by atoms with Crippen molar-refractivity contribution in [3.8, 4) is 22.8 Å². The minimum atomic E-state index is 0.886. The monoisotopic (exact) mass is 454 g/mol. The smallest absolute Gasteiger partial charge is 0.138 e. The van der Waals surface area contributed by atoms with E-state index in [1.807, 2.05) is 36.4 Å². The van der Waals surface area contributed by atoms with Crippen LogP contribution in [0, 0.1) is 0 Å². The van der Waals surface area contributed by atoms with E-state index in [2.05, 4.69) is 68.3 Å². The Morgan fingerprint density at radius 2 is 1.06 bits per heavy atom. The Hall–Kier alpha value is -4.58. The quantitative estimate of drug-likeness (QED) is 0.333. The molecule has 2 bridgehead atoms. The van der Waals surface area contributed by atoms with Gasteiger partial charge in [0.2, 0.25) is 0 Å². The first-order valence-electron chi connectivity index (χ1n) is 11.9. The third kappa shape index (κ3) is 2.89. The molecule has 0 aliphatic carbocycles. The first kappa shape index (κ1) is 18.8. The Kier molecular flexibility index (Phi) is 3.74. The summed E-state index contributed by atoms with van der Waals surface area (Å²) in [7, 11) is 0. The number of aromatic amines is 2. The van der Waals surface area contributed by atoms with Gasteiger partial charge in [-0.2, -0.15) is 0 Å². The number of nitrogens with zero attached hydrogens (tertiary/aromatic N) is 4. The molecule has 0 spiro atoms. The number of fused-ring (bicyclic) bond motifs is 8. The van der Waals surface area contributed by atoms with E-state index in [0.717, 1.165) is 64.6 Å². The highest BCUT2D eigenvalue weighted by Crippen LogP contribution is 2.40. The highest BCUT2D eigenvalue weighted by Gasteiger charge is 2.30. The number of anilines is 2. The van der Waals surface area contributed by atoms with Crippen LogP contribution in [0.4, 0.5) is 11.4 Å². The lowest BCUT2D eigenvalue weighted by molar-refractivity contribution is 0.651. The van der Waals surface area contributed by atoms with Gasteiger partial charge in [-0.05, 0) is 71.8 Å². The first-order chi connectivity index (χ1) is 17.3. The molecule has 0 saturated heterocycles. The van der Waals surface area contributed by atoms with Crippen LogP contribution in [0.3, 0.4) is 0 Å². The zero-order valence-corrected chi connectivity index (χ0v) is 19.0. The second-order valence-corrected chi connectivity index (χ2v) is 9.43. The molecular formula is C29H22N6. The van der Waals surface area contributed by atoms with Crippen molar-refractivity contribution in [2.45, 2.75) is 13.1 Å². The van der Waals surface area contributed by atoms with Gasteiger partial charge < -0.3 is 19.8 Å². The van der Waals surface area contributed by atoms with Crippen molar-refractivity contribution < 1.29 is 0 Å². The Morgan fingerprint density at radius 3 is 1.54 bits per heavy atom. The average Bonchev–Trinajstić information content (AvgIpc) is 3.53. The molecule has 0 saturated carbocycles. The first-order valence-corrected chi connectivity index (χ1v) is 11.9. The number of H-pyrrole nitrogens is 2. The minimum absolute atomic E-state index is 0.886. The normalized spacial score (nSPS) is 14.4. The van der Waals surface area contributed by atoms with Gasteiger partial charge in [0.1, 0.15) is 11.6 Å². The van der Waals surface area contributed by atoms with Gasteiger partial charge in [0.05, 0.1) is 28.7 Å². The van der Waals surface area contributed by atoms with Crippen LogP contribution in [0.2, 0.25) is 0 Å². The number of rotatable bonds is 2. The number of benzene rings is 4. The number of imidazole rings is 2. The fourth-order valence-corrected chi connectivity index (χ4v) is 5.55. The summed E-state index contributed by atoms with van der Waals surface area (Å²) in [5.74, 6) is 1.84. The van der Waals surface area contributed by atoms with Crippen molar-refractivity contribution in [2.75, 3.05) is 16.5 Å². The maximum atomic E-state index is 4.80. The van der Waals surface area contributed by atoms with Crippen molar-refractivity contribution in [2.24, 2.45) is 0 Å². The number of para-hydroxylation sites is 4. The van der Waals surface area contributed by atoms with Crippen molar-refractivity contribution in [1.82, 2.24) is 19.9 Å². The lowest BCUT2D eigenvalue weighted by atomic mass is 9.98. The summed E-state index contributed by atoms with van der Waals surface area (Å²) in [6.45, 7) is 2.68. The Labute approximate surface area is 201 Å². The molecule has 6 aromatic rings. The molecular weight excluding hydrogens is 432 g/mol. The average molecular weight is 455 g/mol. The van der Waals surface area contributed by atoms with E-state index in [9.17, 15) is 0 Å². The summed E-state index contributed by atoms with van der Waals surface area (Å²) in [6, 6.07) is 29.8. The van der Waals surface area contributed by atoms with Crippen LogP contribution >= 0.6 is 0 Å². The number of hydrogen-bond donors (Lipinski definition) is 2. The van der Waals surface area contributed by atoms with Gasteiger partial charge >= 0.3 is 0 Å². The molecule has 0 fully saturated rings. The topological polar surface area (TPSA) is 63.8 Å². The van der Waals surface area contributed by atoms with Crippen LogP contribution in [-0.2, 0) is 13.1 Å². The fourth-order valence-electron chi connectivity index (χ4n) is 5.55. The number of hydrogen-bond acceptors (Lipinski definition) is 4. The van der Waals surface area contributed by atoms with Crippen molar-refractivity contribution in [1.29, 1.82) is 0 Å². The molecule has 35 heavy (non-hydrogen) atoms. The molecule has 0 amide bonds. The summed E-state index contributed by atoms with van der Waals surface area (Å²) in [6.07, 6.45) is 0. The van der Waals surface area contributed by atoms with Gasteiger partial charge in [0.15, 0.2) is 0 Å². The fraction of sp³-hybridized carbons (Fsp3) is 0.103. The van der Waals surface area contributed by atoms with E-state index in [1.54, 1.807) is 0 Å². The molecule has 0 unspecified atom stereocenters. The van der Waals surface area contributed by atoms with Gasteiger partial charge in [-0.15, -0.1) is 0 Å². The van der Waals surface area contributed by atoms with Crippen molar-refractivity contribution in [3.63, 3.8) is 0 Å². The molecule has 4 heterocycles. The van der Waals surface area contributed by atoms with Crippen LogP contribution in [-0.4, -0.2) is 26.6 Å². The predicted octanol–water partition coefficient (Wildman–Crippen LogP) is 6.07. The summed E-state index contributed by atoms with van der Waals surface area (Å²) in [5.41, 5.74) is 11.7. The van der Waals surface area contributed by atoms with Crippen LogP contribution in [0.1, 0.15) is 11.1 Å². The Balaban J connectivity index is 1.15. The molecule has 168 valence electrons.